The van der Waals surface area contributed by atoms with Crippen LogP contribution in [0, 0.1) is 0 Å². The van der Waals surface area contributed by atoms with E-state index in [1.54, 1.807) is 38.1 Å². The summed E-state index contributed by atoms with van der Waals surface area (Å²) in [6.07, 6.45) is 0. The van der Waals surface area contributed by atoms with Crippen molar-refractivity contribution >= 4 is 36.0 Å². The average molecular weight is 370 g/mol. The van der Waals surface area contributed by atoms with Crippen molar-refractivity contribution in [2.45, 2.75) is 23.6 Å². The molecule has 0 N–H and O–H groups in total. The Balaban J connectivity index is 2.52. The number of carbonyl (C=O) groups excluding carboxylic acids is 2. The summed E-state index contributed by atoms with van der Waals surface area (Å²) in [5, 5.41) is 0. The smallest absolute Gasteiger partial charge is 0.374 e. The van der Waals surface area contributed by atoms with Gasteiger partial charge in [0.15, 0.2) is 0 Å². The van der Waals surface area contributed by atoms with Crippen molar-refractivity contribution in [1.29, 1.82) is 0 Å². The first-order chi connectivity index (χ1) is 11.5. The Morgan fingerprint density at radius 1 is 0.917 bits per heavy atom. The van der Waals surface area contributed by atoms with Gasteiger partial charge in [0.1, 0.15) is 0 Å². The van der Waals surface area contributed by atoms with Crippen molar-refractivity contribution in [3.05, 3.63) is 48.9 Å². The summed E-state index contributed by atoms with van der Waals surface area (Å²) >= 11 is 1.92. The molecule has 0 aromatic heterocycles. The maximum atomic E-state index is 11.4. The number of carbonyl (C=O) groups is 2. The molecule has 0 saturated carbocycles. The van der Waals surface area contributed by atoms with Gasteiger partial charge in [-0.3, -0.25) is 0 Å². The largest absolute Gasteiger partial charge is 0.460 e. The van der Waals surface area contributed by atoms with Gasteiger partial charge in [-0.05, 0) is 45.2 Å². The molecule has 0 spiro atoms. The second kappa shape index (κ2) is 10.7. The number of esters is 2. The fourth-order valence-corrected chi connectivity index (χ4v) is 2.49. The molecule has 1 aromatic carbocycles. The van der Waals surface area contributed by atoms with Gasteiger partial charge in [-0.25, -0.2) is 9.59 Å². The third kappa shape index (κ3) is 7.01. The SMILES string of the molecule is C=C(OSc1cccc(SOC(=C)C(=O)OCC)c1)C(=O)OCC. The first-order valence-electron chi connectivity index (χ1n) is 6.99. The van der Waals surface area contributed by atoms with Gasteiger partial charge in [0.25, 0.3) is 0 Å². The minimum absolute atomic E-state index is 0.0909. The second-order valence-electron chi connectivity index (χ2n) is 4.10. The minimum atomic E-state index is -0.607. The summed E-state index contributed by atoms with van der Waals surface area (Å²) < 4.78 is 19.9. The molecular formula is C16H18O6S2. The zero-order valence-corrected chi connectivity index (χ0v) is 15.0. The van der Waals surface area contributed by atoms with Gasteiger partial charge in [0, 0.05) is 9.79 Å². The molecule has 1 aromatic rings. The normalized spacial score (nSPS) is 9.75. The third-order valence-corrected chi connectivity index (χ3v) is 3.75. The molecule has 0 aliphatic rings. The van der Waals surface area contributed by atoms with Crippen LogP contribution in [0.1, 0.15) is 13.8 Å². The highest BCUT2D eigenvalue weighted by Gasteiger charge is 2.12. The lowest BCUT2D eigenvalue weighted by molar-refractivity contribution is -0.141. The van der Waals surface area contributed by atoms with Crippen molar-refractivity contribution in [3.63, 3.8) is 0 Å². The predicted octanol–water partition coefficient (Wildman–Crippen LogP) is 3.89. The summed E-state index contributed by atoms with van der Waals surface area (Å²) in [6.45, 7) is 10.9. The van der Waals surface area contributed by atoms with Gasteiger partial charge in [-0.1, -0.05) is 6.07 Å². The lowest BCUT2D eigenvalue weighted by atomic mass is 10.4. The maximum absolute atomic E-state index is 11.4. The van der Waals surface area contributed by atoms with Crippen LogP contribution in [-0.2, 0) is 27.4 Å². The molecule has 8 heteroatoms. The van der Waals surface area contributed by atoms with Gasteiger partial charge in [-0.15, -0.1) is 0 Å². The number of benzene rings is 1. The molecule has 0 bridgehead atoms. The molecule has 0 radical (unpaired) electrons. The van der Waals surface area contributed by atoms with E-state index in [-0.39, 0.29) is 24.7 Å². The summed E-state index contributed by atoms with van der Waals surface area (Å²) in [5.41, 5.74) is 0. The van der Waals surface area contributed by atoms with Crippen LogP contribution in [0.3, 0.4) is 0 Å². The van der Waals surface area contributed by atoms with Crippen LogP contribution >= 0.6 is 24.1 Å². The minimum Gasteiger partial charge on any atom is -0.460 e. The monoisotopic (exact) mass is 370 g/mol. The molecule has 6 nitrogen and oxygen atoms in total. The highest BCUT2D eigenvalue weighted by molar-refractivity contribution is 7.95. The Morgan fingerprint density at radius 2 is 1.33 bits per heavy atom. The van der Waals surface area contributed by atoms with E-state index >= 15 is 0 Å². The third-order valence-electron chi connectivity index (χ3n) is 2.29. The van der Waals surface area contributed by atoms with Crippen LogP contribution in [0.5, 0.6) is 0 Å². The lowest BCUT2D eigenvalue weighted by Crippen LogP contribution is -2.07. The van der Waals surface area contributed by atoms with Gasteiger partial charge in [0.2, 0.25) is 11.5 Å². The Labute approximate surface area is 149 Å². The van der Waals surface area contributed by atoms with Crippen molar-refractivity contribution < 1.29 is 27.4 Å². The fraction of sp³-hybridized carbons (Fsp3) is 0.250. The zero-order valence-electron chi connectivity index (χ0n) is 13.4. The first kappa shape index (κ1) is 20.0. The second-order valence-corrected chi connectivity index (χ2v) is 5.70. The van der Waals surface area contributed by atoms with E-state index in [1.807, 2.05) is 0 Å². The number of ether oxygens (including phenoxy) is 2. The van der Waals surface area contributed by atoms with Gasteiger partial charge in [0.05, 0.1) is 37.3 Å². The van der Waals surface area contributed by atoms with E-state index in [0.717, 1.165) is 33.9 Å². The van der Waals surface area contributed by atoms with Gasteiger partial charge in [-0.2, -0.15) is 0 Å². The van der Waals surface area contributed by atoms with E-state index in [2.05, 4.69) is 13.2 Å². The summed E-state index contributed by atoms with van der Waals surface area (Å²) in [6, 6.07) is 7.10. The molecule has 1 rings (SSSR count). The maximum Gasteiger partial charge on any atom is 0.374 e. The highest BCUT2D eigenvalue weighted by atomic mass is 32.2. The van der Waals surface area contributed by atoms with Crippen molar-refractivity contribution in [3.8, 4) is 0 Å². The Hall–Kier alpha value is -2.06. The average Bonchev–Trinajstić information content (AvgIpc) is 2.58. The molecule has 130 valence electrons. The molecule has 0 amide bonds. The molecule has 24 heavy (non-hydrogen) atoms. The Morgan fingerprint density at radius 3 is 1.71 bits per heavy atom. The van der Waals surface area contributed by atoms with Crippen LogP contribution in [0.4, 0.5) is 0 Å². The van der Waals surface area contributed by atoms with Gasteiger partial charge >= 0.3 is 11.9 Å². The predicted molar refractivity (Wildman–Crippen MR) is 91.9 cm³/mol. The van der Waals surface area contributed by atoms with Crippen molar-refractivity contribution in [2.24, 2.45) is 0 Å². The Kier molecular flexibility index (Phi) is 8.88. The molecule has 0 aliphatic heterocycles. The molecule has 0 fully saturated rings. The summed E-state index contributed by atoms with van der Waals surface area (Å²) in [4.78, 5) is 24.2. The highest BCUT2D eigenvalue weighted by Crippen LogP contribution is 2.28. The summed E-state index contributed by atoms with van der Waals surface area (Å²) in [7, 11) is 0. The first-order valence-corrected chi connectivity index (χ1v) is 8.47. The topological polar surface area (TPSA) is 71.1 Å². The standard InChI is InChI=1S/C16H18O6S2/c1-5-19-15(17)11(3)21-23-13-8-7-9-14(10-13)24-22-12(4)16(18)20-6-2/h7-10H,3-6H2,1-2H3. The summed E-state index contributed by atoms with van der Waals surface area (Å²) in [5.74, 6) is -1.40. The lowest BCUT2D eigenvalue weighted by Gasteiger charge is -2.08. The molecule has 0 unspecified atom stereocenters. The molecule has 0 atom stereocenters. The Bertz CT molecular complexity index is 565. The number of rotatable bonds is 10. The molecule has 0 saturated heterocycles. The van der Waals surface area contributed by atoms with Crippen LogP contribution in [0.25, 0.3) is 0 Å². The number of hydrogen-bond acceptors (Lipinski definition) is 8. The quantitative estimate of drug-likeness (QED) is 0.266. The molecule has 0 heterocycles. The van der Waals surface area contributed by atoms with Crippen LogP contribution in [0.15, 0.2) is 58.7 Å². The van der Waals surface area contributed by atoms with Crippen LogP contribution in [0.2, 0.25) is 0 Å². The molecule has 0 aliphatic carbocycles. The van der Waals surface area contributed by atoms with Crippen molar-refractivity contribution in [1.82, 2.24) is 0 Å². The molecular weight excluding hydrogens is 352 g/mol. The number of hydrogen-bond donors (Lipinski definition) is 0. The van der Waals surface area contributed by atoms with E-state index in [0.29, 0.717) is 0 Å². The van der Waals surface area contributed by atoms with E-state index in [9.17, 15) is 9.59 Å². The van der Waals surface area contributed by atoms with E-state index < -0.39 is 11.9 Å². The fourth-order valence-electron chi connectivity index (χ4n) is 1.27. The van der Waals surface area contributed by atoms with E-state index in [4.69, 9.17) is 17.8 Å². The zero-order chi connectivity index (χ0) is 17.9. The van der Waals surface area contributed by atoms with Crippen molar-refractivity contribution in [2.75, 3.05) is 13.2 Å². The van der Waals surface area contributed by atoms with Gasteiger partial charge < -0.3 is 17.8 Å². The van der Waals surface area contributed by atoms with Crippen LogP contribution in [-0.4, -0.2) is 25.2 Å². The van der Waals surface area contributed by atoms with E-state index in [1.165, 1.54) is 0 Å². The van der Waals surface area contributed by atoms with Crippen LogP contribution < -0.4 is 0 Å².